The highest BCUT2D eigenvalue weighted by atomic mass is 28.4. The summed E-state index contributed by atoms with van der Waals surface area (Å²) in [5, 5.41) is 9.71. The van der Waals surface area contributed by atoms with Gasteiger partial charge in [-0.3, -0.25) is 0 Å². The van der Waals surface area contributed by atoms with Crippen LogP contribution in [0.25, 0.3) is 0 Å². The van der Waals surface area contributed by atoms with Gasteiger partial charge in [0, 0.05) is 5.92 Å². The molecule has 42 heavy (non-hydrogen) atoms. The van der Waals surface area contributed by atoms with Crippen molar-refractivity contribution in [2.75, 3.05) is 0 Å². The van der Waals surface area contributed by atoms with Crippen LogP contribution in [0.2, 0.25) is 36.3 Å². The number of aliphatic carboxylic acids is 1. The Morgan fingerprint density at radius 3 is 2.33 bits per heavy atom. The third kappa shape index (κ3) is 11.0. The van der Waals surface area contributed by atoms with E-state index in [-0.39, 0.29) is 17.2 Å². The van der Waals surface area contributed by atoms with E-state index < -0.39 is 28.7 Å². The minimum atomic E-state index is -2.21. The van der Waals surface area contributed by atoms with E-state index in [9.17, 15) is 9.90 Å². The molecule has 0 amide bonds. The fourth-order valence-electron chi connectivity index (χ4n) is 5.47. The average molecular weight is 615 g/mol. The van der Waals surface area contributed by atoms with Crippen molar-refractivity contribution in [2.45, 2.75) is 142 Å². The normalized spacial score (nSPS) is 19.0. The monoisotopic (exact) mass is 614 g/mol. The highest BCUT2D eigenvalue weighted by Crippen LogP contribution is 2.39. The maximum absolute atomic E-state index is 11.9. The second-order valence-electron chi connectivity index (χ2n) is 13.4. The van der Waals surface area contributed by atoms with E-state index in [0.29, 0.717) is 5.92 Å². The molecule has 1 aromatic carbocycles. The van der Waals surface area contributed by atoms with Gasteiger partial charge in [0.25, 0.3) is 0 Å². The van der Waals surface area contributed by atoms with Crippen LogP contribution in [-0.4, -0.2) is 46.0 Å². The quantitative estimate of drug-likeness (QED) is 0.101. The molecule has 0 aromatic heterocycles. The SMILES string of the molecule is CC[Si](CC)(CC)OC1CC=C(CCCC(C)Oc2ccccc2)[C@H]1CCC=C=CC(O[Si](C)(C)C(C)(C)C)C(=O)O. The number of hydrogen-bond acceptors (Lipinski definition) is 4. The maximum Gasteiger partial charge on any atom is 0.336 e. The van der Waals surface area contributed by atoms with Crippen molar-refractivity contribution >= 4 is 22.6 Å². The van der Waals surface area contributed by atoms with E-state index in [1.807, 2.05) is 36.4 Å². The van der Waals surface area contributed by atoms with Crippen molar-refractivity contribution in [3.63, 3.8) is 0 Å². The Kier molecular flexibility index (Phi) is 14.5. The lowest BCUT2D eigenvalue weighted by Gasteiger charge is -2.37. The Morgan fingerprint density at radius 1 is 1.12 bits per heavy atom. The first-order chi connectivity index (χ1) is 19.8. The Morgan fingerprint density at radius 2 is 1.76 bits per heavy atom. The van der Waals surface area contributed by atoms with Gasteiger partial charge < -0.3 is 18.7 Å². The summed E-state index contributed by atoms with van der Waals surface area (Å²) in [6, 6.07) is 13.5. The van der Waals surface area contributed by atoms with Crippen LogP contribution in [0.5, 0.6) is 5.75 Å². The fourth-order valence-corrected chi connectivity index (χ4v) is 9.53. The Bertz CT molecular complexity index is 1040. The Labute approximate surface area is 258 Å². The van der Waals surface area contributed by atoms with Gasteiger partial charge in [-0.2, -0.15) is 0 Å². The predicted molar refractivity (Wildman–Crippen MR) is 180 cm³/mol. The summed E-state index contributed by atoms with van der Waals surface area (Å²) in [6.45, 7) is 19.6. The largest absolute Gasteiger partial charge is 0.491 e. The third-order valence-corrected chi connectivity index (χ3v) is 18.6. The number of hydrogen-bond donors (Lipinski definition) is 1. The van der Waals surface area contributed by atoms with Gasteiger partial charge in [0.05, 0.1) is 12.2 Å². The fraction of sp³-hybridized carbons (Fsp3) is 0.657. The van der Waals surface area contributed by atoms with Crippen molar-refractivity contribution in [3.8, 4) is 5.75 Å². The molecule has 0 saturated carbocycles. The van der Waals surface area contributed by atoms with Crippen molar-refractivity contribution in [1.29, 1.82) is 0 Å². The van der Waals surface area contributed by atoms with Crippen molar-refractivity contribution in [3.05, 3.63) is 59.9 Å². The van der Waals surface area contributed by atoms with Crippen LogP contribution in [0.3, 0.4) is 0 Å². The van der Waals surface area contributed by atoms with Crippen LogP contribution in [0.15, 0.2) is 59.9 Å². The molecule has 0 radical (unpaired) electrons. The summed E-state index contributed by atoms with van der Waals surface area (Å²) < 4.78 is 19.3. The van der Waals surface area contributed by atoms with Crippen LogP contribution in [-0.2, 0) is 13.6 Å². The minimum Gasteiger partial charge on any atom is -0.491 e. The number of ether oxygens (including phenoxy) is 1. The second-order valence-corrected chi connectivity index (χ2v) is 22.9. The lowest BCUT2D eigenvalue weighted by Crippen LogP contribution is -2.45. The van der Waals surface area contributed by atoms with Crippen LogP contribution >= 0.6 is 0 Å². The highest BCUT2D eigenvalue weighted by Gasteiger charge is 2.40. The number of para-hydroxylation sites is 1. The summed E-state index contributed by atoms with van der Waals surface area (Å²) in [6.07, 6.45) is 11.4. The molecule has 2 rings (SSSR count). The molecule has 1 N–H and O–H groups in total. The summed E-state index contributed by atoms with van der Waals surface area (Å²) in [7, 11) is -3.94. The van der Waals surface area contributed by atoms with Gasteiger partial charge in [0.15, 0.2) is 22.7 Å². The molecule has 7 heteroatoms. The van der Waals surface area contributed by atoms with Gasteiger partial charge in [-0.05, 0) is 106 Å². The molecular weight excluding hydrogens is 557 g/mol. The molecule has 5 nitrogen and oxygen atoms in total. The Balaban J connectivity index is 2.07. The maximum atomic E-state index is 11.9. The zero-order valence-electron chi connectivity index (χ0n) is 27.9. The first-order valence-corrected chi connectivity index (χ1v) is 21.6. The van der Waals surface area contributed by atoms with E-state index >= 15 is 0 Å². The summed E-state index contributed by atoms with van der Waals surface area (Å²) >= 11 is 0. The number of rotatable bonds is 18. The van der Waals surface area contributed by atoms with Crippen LogP contribution in [0.1, 0.15) is 87.0 Å². The molecule has 0 spiro atoms. The van der Waals surface area contributed by atoms with Gasteiger partial charge in [-0.1, -0.05) is 71.4 Å². The van der Waals surface area contributed by atoms with Crippen LogP contribution in [0, 0.1) is 5.92 Å². The standard InChI is InChI=1S/C35H58O5Si2/c1-10-42(11-2,12-3)40-32-27-26-29(21-19-20-28(4)38-30-22-15-13-16-23-30)31(32)24-17-14-18-25-33(34(36)37)39-41(8,9)35(5,6)7/h13-16,22-23,25-26,28,31-33H,10-12,17,19-21,24,27H2,1-9H3,(H,36,37)/t18?,28?,31-,32?,33?/m1/s1. The average Bonchev–Trinajstić information content (AvgIpc) is 3.31. The summed E-state index contributed by atoms with van der Waals surface area (Å²) in [4.78, 5) is 11.9. The van der Waals surface area contributed by atoms with E-state index in [2.05, 4.69) is 73.4 Å². The molecule has 0 heterocycles. The molecule has 0 fully saturated rings. The molecule has 3 unspecified atom stereocenters. The van der Waals surface area contributed by atoms with Crippen LogP contribution in [0.4, 0.5) is 0 Å². The molecule has 1 aromatic rings. The smallest absolute Gasteiger partial charge is 0.336 e. The van der Waals surface area contributed by atoms with Gasteiger partial charge in [-0.25, -0.2) is 4.79 Å². The lowest BCUT2D eigenvalue weighted by atomic mass is 9.90. The number of benzene rings is 1. The summed E-state index contributed by atoms with van der Waals surface area (Å²) in [5.74, 6) is 0.362. The molecule has 0 saturated heterocycles. The molecule has 0 aliphatic heterocycles. The zero-order chi connectivity index (χ0) is 31.4. The van der Waals surface area contributed by atoms with Gasteiger partial charge in [0.2, 0.25) is 0 Å². The van der Waals surface area contributed by atoms with E-state index in [0.717, 1.165) is 62.4 Å². The van der Waals surface area contributed by atoms with Crippen molar-refractivity contribution in [1.82, 2.24) is 0 Å². The van der Waals surface area contributed by atoms with E-state index in [1.165, 1.54) is 5.57 Å². The predicted octanol–water partition coefficient (Wildman–Crippen LogP) is 9.93. The second kappa shape index (κ2) is 16.8. The molecule has 236 valence electrons. The molecule has 1 aliphatic rings. The van der Waals surface area contributed by atoms with Crippen LogP contribution < -0.4 is 4.74 Å². The van der Waals surface area contributed by atoms with Crippen molar-refractivity contribution in [2.24, 2.45) is 5.92 Å². The zero-order valence-corrected chi connectivity index (χ0v) is 29.9. The lowest BCUT2D eigenvalue weighted by molar-refractivity contribution is -0.143. The van der Waals surface area contributed by atoms with Gasteiger partial charge >= 0.3 is 5.97 Å². The van der Waals surface area contributed by atoms with Gasteiger partial charge in [0.1, 0.15) is 5.75 Å². The molecule has 1 aliphatic carbocycles. The minimum absolute atomic E-state index is 0.0576. The van der Waals surface area contributed by atoms with E-state index in [1.54, 1.807) is 6.08 Å². The molecule has 4 atom stereocenters. The van der Waals surface area contributed by atoms with E-state index in [4.69, 9.17) is 13.6 Å². The Hall–Kier alpha value is -1.90. The first-order valence-electron chi connectivity index (χ1n) is 16.2. The third-order valence-electron chi connectivity index (χ3n) is 9.49. The highest BCUT2D eigenvalue weighted by molar-refractivity contribution is 6.74. The number of carboxylic acid groups (broad SMARTS) is 1. The topological polar surface area (TPSA) is 65.0 Å². The molecule has 0 bridgehead atoms. The number of carbonyl (C=O) groups is 1. The first kappa shape index (κ1) is 36.3. The van der Waals surface area contributed by atoms with Crippen molar-refractivity contribution < 1.29 is 23.5 Å². The number of carboxylic acids is 1. The van der Waals surface area contributed by atoms with Gasteiger partial charge in [-0.15, -0.1) is 5.73 Å². The molecular formula is C35H58O5Si2. The summed E-state index contributed by atoms with van der Waals surface area (Å²) in [5.41, 5.74) is 4.67.